The fourth-order valence-corrected chi connectivity index (χ4v) is 1.16. The van der Waals surface area contributed by atoms with Gasteiger partial charge in [0.1, 0.15) is 5.60 Å². The first-order valence-corrected chi connectivity index (χ1v) is 5.44. The molecule has 0 unspecified atom stereocenters. The zero-order valence-electron chi connectivity index (χ0n) is 10.4. The highest BCUT2D eigenvalue weighted by Crippen LogP contribution is 2.07. The molecule has 2 aromatic rings. The number of hydrogen-bond acceptors (Lipinski definition) is 3. The second-order valence-electron chi connectivity index (χ2n) is 4.52. The Morgan fingerprint density at radius 2 is 1.76 bits per heavy atom. The first-order chi connectivity index (χ1) is 8.03. The molecule has 1 aromatic carbocycles. The van der Waals surface area contributed by atoms with Crippen LogP contribution >= 0.6 is 0 Å². The van der Waals surface area contributed by atoms with Crippen molar-refractivity contribution < 1.29 is 9.53 Å². The van der Waals surface area contributed by atoms with Crippen LogP contribution in [0.25, 0.3) is 10.9 Å². The zero-order valence-corrected chi connectivity index (χ0v) is 10.4. The lowest BCUT2D eigenvalue weighted by molar-refractivity contribution is -0.138. The summed E-state index contributed by atoms with van der Waals surface area (Å²) in [5.41, 5.74) is 0.742. The van der Waals surface area contributed by atoms with E-state index in [1.807, 2.05) is 51.2 Å². The van der Waals surface area contributed by atoms with Gasteiger partial charge in [-0.25, -0.2) is 0 Å². The van der Waals surface area contributed by atoms with Gasteiger partial charge in [0.25, 0.3) is 6.47 Å². The van der Waals surface area contributed by atoms with Gasteiger partial charge >= 0.3 is 0 Å². The Hall–Kier alpha value is -1.90. The molecule has 0 bridgehead atoms. The smallest absolute Gasteiger partial charge is 0.293 e. The summed E-state index contributed by atoms with van der Waals surface area (Å²) in [7, 11) is 0. The number of para-hydroxylation sites is 1. The Morgan fingerprint density at radius 1 is 1.12 bits per heavy atom. The molecule has 2 rings (SSSR count). The molecule has 3 nitrogen and oxygen atoms in total. The van der Waals surface area contributed by atoms with E-state index in [0.717, 1.165) is 5.52 Å². The fraction of sp³-hybridized carbons (Fsp3) is 0.286. The maximum Gasteiger partial charge on any atom is 0.293 e. The van der Waals surface area contributed by atoms with Crippen LogP contribution in [0.2, 0.25) is 0 Å². The molecule has 0 aliphatic carbocycles. The van der Waals surface area contributed by atoms with Crippen LogP contribution in [0.4, 0.5) is 0 Å². The number of ether oxygens (including phenoxy) is 1. The molecular weight excluding hydrogens is 214 g/mol. The van der Waals surface area contributed by atoms with Crippen molar-refractivity contribution >= 4 is 17.4 Å². The summed E-state index contributed by atoms with van der Waals surface area (Å²) in [6, 6.07) is 12.1. The van der Waals surface area contributed by atoms with E-state index in [1.165, 1.54) is 5.39 Å². The predicted octanol–water partition coefficient (Wildman–Crippen LogP) is 3.19. The summed E-state index contributed by atoms with van der Waals surface area (Å²) in [4.78, 5) is 13.8. The van der Waals surface area contributed by atoms with Gasteiger partial charge in [0.15, 0.2) is 0 Å². The standard InChI is InChI=1S/C9H7N.C5H10O2/c1-2-6-9-8(4-1)5-3-7-10-9;1-5(2,3)7-4-6/h1-7H;4H,1-3H3. The SMILES string of the molecule is CC(C)(C)OC=O.c1ccc2ncccc2c1. The average molecular weight is 231 g/mol. The maximum atomic E-state index is 9.60. The number of carbonyl (C=O) groups excluding carboxylic acids is 1. The van der Waals surface area contributed by atoms with E-state index >= 15 is 0 Å². The molecule has 1 aromatic heterocycles. The lowest BCUT2D eigenvalue weighted by Gasteiger charge is -2.14. The Bertz CT molecular complexity index is 409. The van der Waals surface area contributed by atoms with Crippen LogP contribution in [-0.4, -0.2) is 17.1 Å². The van der Waals surface area contributed by atoms with Gasteiger partial charge in [0.05, 0.1) is 5.52 Å². The summed E-state index contributed by atoms with van der Waals surface area (Å²) >= 11 is 0. The van der Waals surface area contributed by atoms with Crippen molar-refractivity contribution in [1.29, 1.82) is 0 Å². The van der Waals surface area contributed by atoms with E-state index in [9.17, 15) is 4.79 Å². The van der Waals surface area contributed by atoms with Crippen molar-refractivity contribution in [1.82, 2.24) is 4.98 Å². The summed E-state index contributed by atoms with van der Waals surface area (Å²) in [5.74, 6) is 0. The number of aromatic nitrogens is 1. The Kier molecular flexibility index (Phi) is 4.64. The van der Waals surface area contributed by atoms with Crippen LogP contribution in [0.1, 0.15) is 20.8 Å². The Labute approximate surface area is 101 Å². The predicted molar refractivity (Wildman–Crippen MR) is 68.6 cm³/mol. The van der Waals surface area contributed by atoms with E-state index in [0.29, 0.717) is 6.47 Å². The van der Waals surface area contributed by atoms with E-state index in [-0.39, 0.29) is 5.60 Å². The van der Waals surface area contributed by atoms with E-state index < -0.39 is 0 Å². The lowest BCUT2D eigenvalue weighted by Crippen LogP contribution is -2.17. The summed E-state index contributed by atoms with van der Waals surface area (Å²) in [6.45, 7) is 5.92. The minimum Gasteiger partial charge on any atom is -0.462 e. The van der Waals surface area contributed by atoms with Gasteiger partial charge in [-0.2, -0.15) is 0 Å². The number of benzene rings is 1. The van der Waals surface area contributed by atoms with Crippen molar-refractivity contribution in [3.8, 4) is 0 Å². The van der Waals surface area contributed by atoms with Crippen LogP contribution < -0.4 is 0 Å². The minimum absolute atomic E-state index is 0.318. The van der Waals surface area contributed by atoms with Crippen LogP contribution in [-0.2, 0) is 9.53 Å². The first kappa shape index (κ1) is 13.2. The van der Waals surface area contributed by atoms with Crippen LogP contribution in [0, 0.1) is 0 Å². The second-order valence-corrected chi connectivity index (χ2v) is 4.52. The monoisotopic (exact) mass is 231 g/mol. The Balaban J connectivity index is 0.000000185. The second kappa shape index (κ2) is 5.99. The molecule has 0 aliphatic rings. The molecule has 90 valence electrons. The number of fused-ring (bicyclic) bond motifs is 1. The number of rotatable bonds is 1. The molecule has 17 heavy (non-hydrogen) atoms. The molecule has 0 saturated heterocycles. The van der Waals surface area contributed by atoms with Crippen molar-refractivity contribution in [2.45, 2.75) is 26.4 Å². The van der Waals surface area contributed by atoms with Gasteiger partial charge in [-0.15, -0.1) is 0 Å². The number of hydrogen-bond donors (Lipinski definition) is 0. The molecule has 0 spiro atoms. The zero-order chi connectivity index (χ0) is 12.7. The number of nitrogens with zero attached hydrogens (tertiary/aromatic N) is 1. The third kappa shape index (κ3) is 5.11. The molecule has 0 aliphatic heterocycles. The number of carbonyl (C=O) groups is 1. The van der Waals surface area contributed by atoms with E-state index in [2.05, 4.69) is 21.9 Å². The molecule has 0 atom stereocenters. The van der Waals surface area contributed by atoms with Crippen molar-refractivity contribution in [3.63, 3.8) is 0 Å². The molecule has 0 saturated carbocycles. The van der Waals surface area contributed by atoms with Gasteiger partial charge in [0.2, 0.25) is 0 Å². The highest BCUT2D eigenvalue weighted by atomic mass is 16.5. The minimum atomic E-state index is -0.318. The molecular formula is C14H17NO2. The lowest BCUT2D eigenvalue weighted by atomic mass is 10.2. The highest BCUT2D eigenvalue weighted by Gasteiger charge is 2.07. The van der Waals surface area contributed by atoms with Crippen LogP contribution in [0.3, 0.4) is 0 Å². The summed E-state index contributed by atoms with van der Waals surface area (Å²) in [6.07, 6.45) is 1.81. The van der Waals surface area contributed by atoms with Gasteiger partial charge in [0, 0.05) is 11.6 Å². The summed E-state index contributed by atoms with van der Waals surface area (Å²) < 4.78 is 4.55. The highest BCUT2D eigenvalue weighted by molar-refractivity contribution is 5.77. The van der Waals surface area contributed by atoms with E-state index in [4.69, 9.17) is 0 Å². The molecule has 0 N–H and O–H groups in total. The molecule has 0 fully saturated rings. The van der Waals surface area contributed by atoms with Crippen molar-refractivity contribution in [2.75, 3.05) is 0 Å². The molecule has 0 radical (unpaired) electrons. The third-order valence-electron chi connectivity index (χ3n) is 1.91. The Morgan fingerprint density at radius 3 is 2.29 bits per heavy atom. The van der Waals surface area contributed by atoms with Crippen molar-refractivity contribution in [3.05, 3.63) is 42.6 Å². The van der Waals surface area contributed by atoms with Crippen LogP contribution in [0.5, 0.6) is 0 Å². The third-order valence-corrected chi connectivity index (χ3v) is 1.91. The largest absolute Gasteiger partial charge is 0.462 e. The van der Waals surface area contributed by atoms with Gasteiger partial charge in [-0.05, 0) is 32.9 Å². The quantitative estimate of drug-likeness (QED) is 0.707. The first-order valence-electron chi connectivity index (χ1n) is 5.44. The van der Waals surface area contributed by atoms with Crippen molar-refractivity contribution in [2.24, 2.45) is 0 Å². The fourth-order valence-electron chi connectivity index (χ4n) is 1.16. The average Bonchev–Trinajstić information content (AvgIpc) is 2.28. The topological polar surface area (TPSA) is 39.2 Å². The molecule has 1 heterocycles. The van der Waals surface area contributed by atoms with Gasteiger partial charge in [-0.3, -0.25) is 9.78 Å². The summed E-state index contributed by atoms with van der Waals surface area (Å²) in [5, 5.41) is 1.20. The van der Waals surface area contributed by atoms with Crippen LogP contribution in [0.15, 0.2) is 42.6 Å². The maximum absolute atomic E-state index is 9.60. The normalized spacial score (nSPS) is 10.3. The molecule has 0 amide bonds. The number of pyridine rings is 1. The van der Waals surface area contributed by atoms with Gasteiger partial charge < -0.3 is 4.74 Å². The van der Waals surface area contributed by atoms with Gasteiger partial charge in [-0.1, -0.05) is 24.3 Å². The van der Waals surface area contributed by atoms with E-state index in [1.54, 1.807) is 0 Å². The molecule has 3 heteroatoms.